The van der Waals surface area contributed by atoms with Crippen LogP contribution in [-0.2, 0) is 14.3 Å². The molecule has 35 heavy (non-hydrogen) atoms. The normalized spacial score (nSPS) is 53.1. The fourth-order valence-corrected chi connectivity index (χ4v) is 11.1. The smallest absolute Gasteiger partial charge is 0.241 e. The number of ether oxygens (including phenoxy) is 1. The summed E-state index contributed by atoms with van der Waals surface area (Å²) in [6.07, 6.45) is 8.53. The Morgan fingerprint density at radius 1 is 1.09 bits per heavy atom. The summed E-state index contributed by atoms with van der Waals surface area (Å²) in [6.45, 7) is 16.3. The molecule has 192 valence electrons. The van der Waals surface area contributed by atoms with Gasteiger partial charge >= 0.3 is 0 Å². The van der Waals surface area contributed by atoms with Gasteiger partial charge in [0.25, 0.3) is 0 Å². The van der Waals surface area contributed by atoms with Crippen LogP contribution in [-0.4, -0.2) is 38.8 Å². The third kappa shape index (κ3) is 2.22. The monoisotopic (exact) mass is 482 g/mol. The van der Waals surface area contributed by atoms with E-state index in [9.17, 15) is 15.0 Å². The van der Waals surface area contributed by atoms with Crippen LogP contribution in [0, 0.1) is 45.3 Å². The van der Waals surface area contributed by atoms with Crippen molar-refractivity contribution in [3.05, 3.63) is 24.3 Å². The molecule has 7 unspecified atom stereocenters. The van der Waals surface area contributed by atoms with Gasteiger partial charge in [-0.15, -0.1) is 0 Å². The lowest BCUT2D eigenvalue weighted by Crippen LogP contribution is -2.83. The first-order valence-electron chi connectivity index (χ1n) is 13.7. The Balaban J connectivity index is 1.71. The zero-order chi connectivity index (χ0) is 25.6. The number of carbonyl (C=O) groups is 2. The third-order valence-corrected chi connectivity index (χ3v) is 12.1. The highest BCUT2D eigenvalue weighted by Crippen LogP contribution is 2.83. The number of carbonyl (C=O) groups excluding carboxylic acids is 2. The maximum atomic E-state index is 15.2. The van der Waals surface area contributed by atoms with Crippen LogP contribution in [0.2, 0.25) is 0 Å². The molecule has 7 aliphatic rings. The summed E-state index contributed by atoms with van der Waals surface area (Å²) < 4.78 is 6.36. The van der Waals surface area contributed by atoms with Crippen LogP contribution in [0.25, 0.3) is 0 Å². The molecule has 1 aliphatic heterocycles. The molecule has 1 spiro atoms. The fourth-order valence-electron chi connectivity index (χ4n) is 11.1. The van der Waals surface area contributed by atoms with Gasteiger partial charge in [-0.1, -0.05) is 58.4 Å². The number of rotatable bonds is 2. The summed E-state index contributed by atoms with van der Waals surface area (Å²) >= 11 is 0. The van der Waals surface area contributed by atoms with Gasteiger partial charge in [-0.05, 0) is 75.5 Å². The van der Waals surface area contributed by atoms with Crippen LogP contribution in [0.1, 0.15) is 86.5 Å². The molecule has 1 heterocycles. The minimum absolute atomic E-state index is 0.00132. The molecule has 6 aliphatic carbocycles. The van der Waals surface area contributed by atoms with E-state index in [1.165, 1.54) is 0 Å². The number of hydrogen-bond acceptors (Lipinski definition) is 5. The molecule has 2 N–H and O–H groups in total. The van der Waals surface area contributed by atoms with Crippen LogP contribution in [0.4, 0.5) is 0 Å². The lowest BCUT2D eigenvalue weighted by molar-refractivity contribution is -0.286. The van der Waals surface area contributed by atoms with E-state index in [4.69, 9.17) is 4.74 Å². The highest BCUT2D eigenvalue weighted by atomic mass is 16.7. The molecule has 0 amide bonds. The van der Waals surface area contributed by atoms with E-state index in [0.29, 0.717) is 25.7 Å². The number of allylic oxidation sites excluding steroid dienone is 3. The Labute approximate surface area is 209 Å². The molecule has 6 bridgehead atoms. The van der Waals surface area contributed by atoms with Crippen molar-refractivity contribution >= 4 is 11.6 Å². The van der Waals surface area contributed by atoms with Gasteiger partial charge in [-0.25, -0.2) is 0 Å². The summed E-state index contributed by atoms with van der Waals surface area (Å²) in [4.78, 5) is 30.1. The number of Topliss-reactive ketones (excluding diaryl/α,β-unsaturated/α-hetero) is 2. The second-order valence-electron chi connectivity index (χ2n) is 14.4. The van der Waals surface area contributed by atoms with E-state index in [0.717, 1.165) is 18.4 Å². The molecule has 8 atom stereocenters. The van der Waals surface area contributed by atoms with Crippen molar-refractivity contribution in [3.63, 3.8) is 0 Å². The summed E-state index contributed by atoms with van der Waals surface area (Å²) in [6, 6.07) is 0. The van der Waals surface area contributed by atoms with Gasteiger partial charge in [0.15, 0.2) is 5.78 Å². The van der Waals surface area contributed by atoms with E-state index in [1.807, 2.05) is 33.8 Å². The first-order chi connectivity index (χ1) is 16.1. The highest BCUT2D eigenvalue weighted by molar-refractivity contribution is 6.13. The third-order valence-electron chi connectivity index (χ3n) is 12.1. The lowest BCUT2D eigenvalue weighted by Gasteiger charge is -2.71. The van der Waals surface area contributed by atoms with Gasteiger partial charge in [-0.3, -0.25) is 9.59 Å². The first-order valence-corrected chi connectivity index (χ1v) is 13.7. The largest absolute Gasteiger partial charge is 0.390 e. The Kier molecular flexibility index (Phi) is 4.39. The van der Waals surface area contributed by atoms with Gasteiger partial charge in [-0.2, -0.15) is 0 Å². The minimum Gasteiger partial charge on any atom is -0.390 e. The van der Waals surface area contributed by atoms with Gasteiger partial charge in [0.05, 0.1) is 22.0 Å². The van der Waals surface area contributed by atoms with Crippen LogP contribution in [0.5, 0.6) is 0 Å². The Morgan fingerprint density at radius 3 is 2.40 bits per heavy atom. The van der Waals surface area contributed by atoms with Crippen molar-refractivity contribution in [2.45, 2.75) is 103 Å². The van der Waals surface area contributed by atoms with Crippen molar-refractivity contribution in [1.29, 1.82) is 0 Å². The van der Waals surface area contributed by atoms with E-state index >= 15 is 4.79 Å². The molecule has 0 radical (unpaired) electrons. The van der Waals surface area contributed by atoms with Gasteiger partial charge < -0.3 is 14.9 Å². The predicted octanol–water partition coefficient (Wildman–Crippen LogP) is 4.75. The molecule has 5 nitrogen and oxygen atoms in total. The van der Waals surface area contributed by atoms with Crippen molar-refractivity contribution in [1.82, 2.24) is 0 Å². The standard InChI is InChI=1S/C30H42O5/c1-8-18-14-19-21-25(6,7)35-30(34)23(32)28(19)16-27(33)12-9-11-24(4,5)20(27)10-13-26(28,15-18)22(31)29(21,30)17(2)3/h8,14,17,19-21,33-34H,1,9-13,15-16H2,2-7H3/t19?,20?,21?,26?,27?,28?,29?,30-/m0/s1. The Hall–Kier alpha value is -1.30. The molecule has 0 aromatic carbocycles. The van der Waals surface area contributed by atoms with Crippen LogP contribution >= 0.6 is 0 Å². The maximum Gasteiger partial charge on any atom is 0.241 e. The Morgan fingerprint density at radius 2 is 1.77 bits per heavy atom. The number of aliphatic hydroxyl groups is 2. The average Bonchev–Trinajstić information content (AvgIpc) is 2.81. The second-order valence-corrected chi connectivity index (χ2v) is 14.4. The molecule has 7 rings (SSSR count). The summed E-state index contributed by atoms with van der Waals surface area (Å²) in [7, 11) is 0. The molecule has 0 aromatic rings. The first kappa shape index (κ1) is 24.1. The maximum absolute atomic E-state index is 15.2. The van der Waals surface area contributed by atoms with Gasteiger partial charge in [0, 0.05) is 11.3 Å². The highest BCUT2D eigenvalue weighted by Gasteiger charge is 2.93. The lowest BCUT2D eigenvalue weighted by atomic mass is 9.28. The van der Waals surface area contributed by atoms with Crippen molar-refractivity contribution in [2.24, 2.45) is 45.3 Å². The molecule has 6 fully saturated rings. The number of ketones is 2. The quantitative estimate of drug-likeness (QED) is 0.593. The molecule has 1 saturated heterocycles. The number of fused-ring (bicyclic) bond motifs is 1. The molecule has 5 heteroatoms. The van der Waals surface area contributed by atoms with E-state index < -0.39 is 33.2 Å². The van der Waals surface area contributed by atoms with Crippen LogP contribution in [0.3, 0.4) is 0 Å². The SMILES string of the molecule is C=CC1=CC2C3C(C)(C)O[C@@]4(O)C(=O)C25CC2(O)CCCC(C)(C)C2CCC5(C1)C(=O)C34C(C)C. The molecule has 0 aromatic heterocycles. The second kappa shape index (κ2) is 6.39. The van der Waals surface area contributed by atoms with Crippen molar-refractivity contribution < 1.29 is 24.5 Å². The summed E-state index contributed by atoms with van der Waals surface area (Å²) in [5.41, 5.74) is -4.41. The average molecular weight is 483 g/mol. The van der Waals surface area contributed by atoms with Crippen LogP contribution < -0.4 is 0 Å². The zero-order valence-electron chi connectivity index (χ0n) is 22.2. The van der Waals surface area contributed by atoms with E-state index in [-0.39, 0.29) is 47.1 Å². The molecular weight excluding hydrogens is 440 g/mol. The molecule has 5 saturated carbocycles. The van der Waals surface area contributed by atoms with Crippen molar-refractivity contribution in [3.8, 4) is 0 Å². The molecular formula is C30H42O5. The summed E-state index contributed by atoms with van der Waals surface area (Å²) in [5.74, 6) is -3.41. The van der Waals surface area contributed by atoms with Crippen LogP contribution in [0.15, 0.2) is 24.3 Å². The van der Waals surface area contributed by atoms with Gasteiger partial charge in [0.2, 0.25) is 11.6 Å². The van der Waals surface area contributed by atoms with Gasteiger partial charge in [0.1, 0.15) is 0 Å². The Bertz CT molecular complexity index is 1080. The fraction of sp³-hybridized carbons (Fsp3) is 0.800. The van der Waals surface area contributed by atoms with Crippen molar-refractivity contribution in [2.75, 3.05) is 0 Å². The number of hydrogen-bond donors (Lipinski definition) is 2. The van der Waals surface area contributed by atoms with E-state index in [2.05, 4.69) is 26.5 Å². The minimum atomic E-state index is -2.16. The van der Waals surface area contributed by atoms with E-state index in [1.54, 1.807) is 0 Å². The zero-order valence-corrected chi connectivity index (χ0v) is 22.2. The predicted molar refractivity (Wildman–Crippen MR) is 132 cm³/mol. The topological polar surface area (TPSA) is 83.8 Å². The summed E-state index contributed by atoms with van der Waals surface area (Å²) in [5, 5.41) is 24.7.